The van der Waals surface area contributed by atoms with Crippen LogP contribution >= 0.6 is 0 Å². The van der Waals surface area contributed by atoms with Crippen LogP contribution in [0.3, 0.4) is 0 Å². The van der Waals surface area contributed by atoms with Gasteiger partial charge in [0.25, 0.3) is 0 Å². The number of nitrogens with one attached hydrogen (secondary N) is 1. The van der Waals surface area contributed by atoms with Crippen LogP contribution in [0.1, 0.15) is 13.3 Å². The van der Waals surface area contributed by atoms with E-state index in [1.165, 1.54) is 0 Å². The van der Waals surface area contributed by atoms with Crippen LogP contribution in [0.15, 0.2) is 17.6 Å². The van der Waals surface area contributed by atoms with Crippen molar-refractivity contribution in [2.45, 2.75) is 13.3 Å². The third-order valence-corrected chi connectivity index (χ3v) is 0.990. The van der Waals surface area contributed by atoms with Gasteiger partial charge in [0.15, 0.2) is 0 Å². The first-order valence-electron chi connectivity index (χ1n) is 3.18. The van der Waals surface area contributed by atoms with Crippen LogP contribution in [0, 0.1) is 0 Å². The molecular formula is C7H14N2. The molecule has 0 heterocycles. The largest absolute Gasteiger partial charge is 0.370 e. The number of aliphatic imine (C=N–C) groups is 1. The van der Waals surface area contributed by atoms with E-state index in [-0.39, 0.29) is 0 Å². The van der Waals surface area contributed by atoms with Crippen molar-refractivity contribution in [3.8, 4) is 0 Å². The predicted molar refractivity (Wildman–Crippen MR) is 41.8 cm³/mol. The summed E-state index contributed by atoms with van der Waals surface area (Å²) >= 11 is 0. The standard InChI is InChI=1S/C7H14N2/c1-4-6-9-7(5-2)8-3/h5H,2,4,6H2,1,3H3,(H,8,9). The molecule has 2 heteroatoms. The second kappa shape index (κ2) is 5.35. The van der Waals surface area contributed by atoms with Crippen molar-refractivity contribution in [2.24, 2.45) is 4.99 Å². The maximum Gasteiger partial charge on any atom is 0.119 e. The Morgan fingerprint density at radius 1 is 1.78 bits per heavy atom. The number of nitrogens with zero attached hydrogens (tertiary/aromatic N) is 1. The van der Waals surface area contributed by atoms with E-state index in [1.54, 1.807) is 13.1 Å². The molecule has 0 radical (unpaired) electrons. The fourth-order valence-corrected chi connectivity index (χ4v) is 0.496. The van der Waals surface area contributed by atoms with E-state index in [9.17, 15) is 0 Å². The van der Waals surface area contributed by atoms with E-state index in [0.29, 0.717) is 0 Å². The Labute approximate surface area is 56.7 Å². The minimum atomic E-state index is 0.872. The summed E-state index contributed by atoms with van der Waals surface area (Å²) in [6.07, 6.45) is 2.84. The van der Waals surface area contributed by atoms with Gasteiger partial charge >= 0.3 is 0 Å². The second-order valence-electron chi connectivity index (χ2n) is 1.74. The maximum atomic E-state index is 3.93. The molecule has 1 N–H and O–H groups in total. The molecule has 2 nitrogen and oxygen atoms in total. The lowest BCUT2D eigenvalue weighted by Gasteiger charge is -2.00. The molecule has 0 bridgehead atoms. The average Bonchev–Trinajstić information content (AvgIpc) is 1.91. The van der Waals surface area contributed by atoms with Crippen LogP contribution in [0.5, 0.6) is 0 Å². The monoisotopic (exact) mass is 126 g/mol. The van der Waals surface area contributed by atoms with Crippen molar-refractivity contribution in [3.63, 3.8) is 0 Å². The zero-order chi connectivity index (χ0) is 7.11. The summed E-state index contributed by atoms with van der Waals surface area (Å²) in [4.78, 5) is 3.93. The summed E-state index contributed by atoms with van der Waals surface area (Å²) in [6.45, 7) is 6.68. The van der Waals surface area contributed by atoms with Crippen molar-refractivity contribution in [2.75, 3.05) is 13.6 Å². The highest BCUT2D eigenvalue weighted by Crippen LogP contribution is 1.74. The minimum absolute atomic E-state index is 0.872. The van der Waals surface area contributed by atoms with E-state index >= 15 is 0 Å². The molecule has 0 aliphatic rings. The van der Waals surface area contributed by atoms with E-state index in [2.05, 4.69) is 23.8 Å². The molecule has 0 unspecified atom stereocenters. The molecule has 0 saturated carbocycles. The highest BCUT2D eigenvalue weighted by molar-refractivity contribution is 5.92. The number of hydrogen-bond acceptors (Lipinski definition) is 1. The highest BCUT2D eigenvalue weighted by Gasteiger charge is 1.84. The van der Waals surface area contributed by atoms with Crippen LogP contribution < -0.4 is 5.32 Å². The molecule has 0 aromatic heterocycles. The van der Waals surface area contributed by atoms with Crippen LogP contribution in [0.25, 0.3) is 0 Å². The molecule has 0 spiro atoms. The Kier molecular flexibility index (Phi) is 4.88. The fraction of sp³-hybridized carbons (Fsp3) is 0.571. The van der Waals surface area contributed by atoms with E-state index in [0.717, 1.165) is 18.8 Å². The molecule has 0 aromatic carbocycles. The number of hydrogen-bond donors (Lipinski definition) is 1. The normalized spacial score (nSPS) is 11.1. The van der Waals surface area contributed by atoms with Crippen LogP contribution in [-0.2, 0) is 0 Å². The Balaban J connectivity index is 3.45. The van der Waals surface area contributed by atoms with Gasteiger partial charge in [-0.05, 0) is 12.5 Å². The smallest absolute Gasteiger partial charge is 0.119 e. The summed E-state index contributed by atoms with van der Waals surface area (Å²) in [5, 5.41) is 3.10. The molecule has 52 valence electrons. The number of rotatable bonds is 3. The molecular weight excluding hydrogens is 112 g/mol. The summed E-state index contributed by atoms with van der Waals surface area (Å²) < 4.78 is 0. The SMILES string of the molecule is C=CC(=NC)NCCC. The Morgan fingerprint density at radius 2 is 2.44 bits per heavy atom. The average molecular weight is 126 g/mol. The molecule has 0 fully saturated rings. The summed E-state index contributed by atoms with van der Waals surface area (Å²) in [6, 6.07) is 0. The quantitative estimate of drug-likeness (QED) is 0.446. The van der Waals surface area contributed by atoms with Gasteiger partial charge in [-0.25, -0.2) is 0 Å². The first-order chi connectivity index (χ1) is 4.35. The van der Waals surface area contributed by atoms with Crippen molar-refractivity contribution in [1.29, 1.82) is 0 Å². The molecule has 0 rings (SSSR count). The summed E-state index contributed by atoms with van der Waals surface area (Å²) in [5.41, 5.74) is 0. The van der Waals surface area contributed by atoms with Gasteiger partial charge in [-0.15, -0.1) is 0 Å². The van der Waals surface area contributed by atoms with Crippen LogP contribution in [0.4, 0.5) is 0 Å². The topological polar surface area (TPSA) is 24.4 Å². The van der Waals surface area contributed by atoms with Gasteiger partial charge in [-0.3, -0.25) is 4.99 Å². The maximum absolute atomic E-state index is 3.93. The predicted octanol–water partition coefficient (Wildman–Crippen LogP) is 1.20. The van der Waals surface area contributed by atoms with Gasteiger partial charge in [0.1, 0.15) is 5.84 Å². The van der Waals surface area contributed by atoms with Crippen molar-refractivity contribution in [1.82, 2.24) is 5.32 Å². The molecule has 0 amide bonds. The van der Waals surface area contributed by atoms with Crippen LogP contribution in [-0.4, -0.2) is 19.4 Å². The van der Waals surface area contributed by atoms with Crippen molar-refractivity contribution in [3.05, 3.63) is 12.7 Å². The molecule has 9 heavy (non-hydrogen) atoms. The minimum Gasteiger partial charge on any atom is -0.370 e. The fourth-order valence-electron chi connectivity index (χ4n) is 0.496. The molecule has 0 aromatic rings. The van der Waals surface area contributed by atoms with Crippen molar-refractivity contribution < 1.29 is 0 Å². The zero-order valence-corrected chi connectivity index (χ0v) is 6.15. The molecule has 0 aliphatic heterocycles. The zero-order valence-electron chi connectivity index (χ0n) is 6.15. The van der Waals surface area contributed by atoms with Gasteiger partial charge in [-0.1, -0.05) is 13.5 Å². The lowest BCUT2D eigenvalue weighted by molar-refractivity contribution is 0.841. The lowest BCUT2D eigenvalue weighted by atomic mass is 10.4. The van der Waals surface area contributed by atoms with Crippen LogP contribution in [0.2, 0.25) is 0 Å². The van der Waals surface area contributed by atoms with Gasteiger partial charge in [0.05, 0.1) is 0 Å². The Hall–Kier alpha value is -0.790. The molecule has 0 aliphatic carbocycles. The van der Waals surface area contributed by atoms with E-state index in [1.807, 2.05) is 0 Å². The second-order valence-corrected chi connectivity index (χ2v) is 1.74. The van der Waals surface area contributed by atoms with E-state index < -0.39 is 0 Å². The molecule has 0 atom stereocenters. The Bertz CT molecular complexity index is 105. The van der Waals surface area contributed by atoms with Gasteiger partial charge in [0, 0.05) is 13.6 Å². The lowest BCUT2D eigenvalue weighted by Crippen LogP contribution is -2.21. The highest BCUT2D eigenvalue weighted by atomic mass is 15.0. The van der Waals surface area contributed by atoms with Gasteiger partial charge < -0.3 is 5.32 Å². The molecule has 0 saturated heterocycles. The van der Waals surface area contributed by atoms with E-state index in [4.69, 9.17) is 0 Å². The van der Waals surface area contributed by atoms with Gasteiger partial charge in [0.2, 0.25) is 0 Å². The third-order valence-electron chi connectivity index (χ3n) is 0.990. The summed E-state index contributed by atoms with van der Waals surface area (Å²) in [5.74, 6) is 0.872. The Morgan fingerprint density at radius 3 is 2.78 bits per heavy atom. The first kappa shape index (κ1) is 8.21. The summed E-state index contributed by atoms with van der Waals surface area (Å²) in [7, 11) is 1.75. The van der Waals surface area contributed by atoms with Gasteiger partial charge in [-0.2, -0.15) is 0 Å². The number of amidine groups is 1. The third kappa shape index (κ3) is 3.76. The van der Waals surface area contributed by atoms with Crippen molar-refractivity contribution >= 4 is 5.84 Å². The first-order valence-corrected chi connectivity index (χ1v) is 3.18.